The van der Waals surface area contributed by atoms with Gasteiger partial charge in [-0.1, -0.05) is 31.2 Å². The predicted molar refractivity (Wildman–Crippen MR) is 94.9 cm³/mol. The smallest absolute Gasteiger partial charge is 0.0923 e. The highest BCUT2D eigenvalue weighted by molar-refractivity contribution is 5.77. The van der Waals surface area contributed by atoms with Crippen molar-refractivity contribution >= 4 is 16.4 Å². The van der Waals surface area contributed by atoms with Crippen LogP contribution < -0.4 is 0 Å². The first kappa shape index (κ1) is 14.1. The molecule has 3 heteroatoms. The van der Waals surface area contributed by atoms with E-state index >= 15 is 0 Å². The van der Waals surface area contributed by atoms with Crippen LogP contribution in [0.25, 0.3) is 16.4 Å². The first-order valence-corrected chi connectivity index (χ1v) is 8.19. The van der Waals surface area contributed by atoms with Gasteiger partial charge >= 0.3 is 0 Å². The van der Waals surface area contributed by atoms with Gasteiger partial charge in [-0.15, -0.1) is 0 Å². The summed E-state index contributed by atoms with van der Waals surface area (Å²) in [6, 6.07) is 15.0. The Labute approximate surface area is 136 Å². The molecule has 0 amide bonds. The van der Waals surface area contributed by atoms with Crippen molar-refractivity contribution in [3.8, 4) is 0 Å². The quantitative estimate of drug-likeness (QED) is 0.531. The molecule has 1 unspecified atom stereocenters. The minimum absolute atomic E-state index is 0.509. The molecule has 1 atom stereocenters. The lowest BCUT2D eigenvalue weighted by Crippen LogP contribution is -2.04. The van der Waals surface area contributed by atoms with Gasteiger partial charge in [0.05, 0.1) is 5.52 Å². The lowest BCUT2D eigenvalue weighted by Gasteiger charge is -2.12. The largest absolute Gasteiger partial charge is 0.323 e. The summed E-state index contributed by atoms with van der Waals surface area (Å²) in [6.07, 6.45) is 7.67. The van der Waals surface area contributed by atoms with E-state index in [1.54, 1.807) is 0 Å². The molecule has 0 aliphatic heterocycles. The number of fused-ring (bicyclic) bond motifs is 2. The second kappa shape index (κ2) is 5.58. The highest BCUT2D eigenvalue weighted by Crippen LogP contribution is 2.22. The van der Waals surface area contributed by atoms with Gasteiger partial charge in [0, 0.05) is 36.0 Å². The number of hydrogen-bond donors (Lipinski definition) is 0. The summed E-state index contributed by atoms with van der Waals surface area (Å²) in [5, 5.41) is 5.86. The molecular formula is C20H21N3. The fraction of sp³-hybridized carbons (Fsp3) is 0.250. The Morgan fingerprint density at radius 2 is 1.91 bits per heavy atom. The molecule has 0 fully saturated rings. The number of pyridine rings is 1. The molecule has 116 valence electrons. The third-order valence-electron chi connectivity index (χ3n) is 4.57. The molecular weight excluding hydrogens is 282 g/mol. The highest BCUT2D eigenvalue weighted by Gasteiger charge is 2.08. The van der Waals surface area contributed by atoms with E-state index in [4.69, 9.17) is 0 Å². The second-order valence-electron chi connectivity index (χ2n) is 6.45. The SMILES string of the molecule is Cc1cc2ccc(C(C)CCn3cc4ccccc4n3)cn2c1. The summed E-state index contributed by atoms with van der Waals surface area (Å²) < 4.78 is 4.29. The fourth-order valence-corrected chi connectivity index (χ4v) is 3.18. The molecule has 0 saturated heterocycles. The van der Waals surface area contributed by atoms with Gasteiger partial charge in [0.25, 0.3) is 0 Å². The molecule has 4 aromatic rings. The molecule has 0 spiro atoms. The Morgan fingerprint density at radius 1 is 1.04 bits per heavy atom. The standard InChI is InChI=1S/C20H21N3/c1-15-11-19-8-7-17(13-22(19)12-15)16(2)9-10-23-14-18-5-3-4-6-20(18)21-23/h3-8,11-14,16H,9-10H2,1-2H3. The molecule has 0 aliphatic rings. The van der Waals surface area contributed by atoms with E-state index in [0.717, 1.165) is 18.5 Å². The van der Waals surface area contributed by atoms with Crippen LogP contribution in [0.1, 0.15) is 30.4 Å². The minimum atomic E-state index is 0.509. The van der Waals surface area contributed by atoms with E-state index in [-0.39, 0.29) is 0 Å². The molecule has 23 heavy (non-hydrogen) atoms. The van der Waals surface area contributed by atoms with Crippen LogP contribution in [0.5, 0.6) is 0 Å². The van der Waals surface area contributed by atoms with Crippen molar-refractivity contribution in [1.29, 1.82) is 0 Å². The van der Waals surface area contributed by atoms with Crippen LogP contribution in [-0.4, -0.2) is 14.2 Å². The van der Waals surface area contributed by atoms with Crippen LogP contribution >= 0.6 is 0 Å². The number of hydrogen-bond acceptors (Lipinski definition) is 1. The number of aryl methyl sites for hydroxylation is 2. The highest BCUT2D eigenvalue weighted by atomic mass is 15.3. The second-order valence-corrected chi connectivity index (χ2v) is 6.45. The zero-order valence-electron chi connectivity index (χ0n) is 13.6. The molecule has 1 aromatic carbocycles. The molecule has 0 N–H and O–H groups in total. The van der Waals surface area contributed by atoms with Crippen molar-refractivity contribution in [3.63, 3.8) is 0 Å². The lowest BCUT2D eigenvalue weighted by atomic mass is 9.99. The van der Waals surface area contributed by atoms with Crippen LogP contribution in [-0.2, 0) is 6.54 Å². The van der Waals surface area contributed by atoms with Crippen LogP contribution in [0.4, 0.5) is 0 Å². The Balaban J connectivity index is 1.50. The van der Waals surface area contributed by atoms with Gasteiger partial charge in [-0.05, 0) is 48.6 Å². The molecule has 0 radical (unpaired) electrons. The third-order valence-corrected chi connectivity index (χ3v) is 4.57. The topological polar surface area (TPSA) is 22.2 Å². The number of nitrogens with zero attached hydrogens (tertiary/aromatic N) is 3. The van der Waals surface area contributed by atoms with E-state index in [2.05, 4.69) is 83.0 Å². The first-order chi connectivity index (χ1) is 11.2. The van der Waals surface area contributed by atoms with Crippen LogP contribution in [0, 0.1) is 6.92 Å². The van der Waals surface area contributed by atoms with Gasteiger partial charge < -0.3 is 4.40 Å². The maximum Gasteiger partial charge on any atom is 0.0923 e. The maximum atomic E-state index is 4.64. The van der Waals surface area contributed by atoms with Crippen LogP contribution in [0.3, 0.4) is 0 Å². The monoisotopic (exact) mass is 303 g/mol. The first-order valence-electron chi connectivity index (χ1n) is 8.19. The average Bonchev–Trinajstić information content (AvgIpc) is 3.13. The Hall–Kier alpha value is -2.55. The molecule has 0 aliphatic carbocycles. The van der Waals surface area contributed by atoms with Crippen LogP contribution in [0.2, 0.25) is 0 Å². The molecule has 0 bridgehead atoms. The van der Waals surface area contributed by atoms with Gasteiger partial charge in [-0.25, -0.2) is 0 Å². The van der Waals surface area contributed by atoms with Gasteiger partial charge in [0.1, 0.15) is 0 Å². The van der Waals surface area contributed by atoms with E-state index in [0.29, 0.717) is 5.92 Å². The van der Waals surface area contributed by atoms with Crippen molar-refractivity contribution < 1.29 is 0 Å². The number of benzene rings is 1. The summed E-state index contributed by atoms with van der Waals surface area (Å²) in [6.45, 7) is 5.37. The Morgan fingerprint density at radius 3 is 2.78 bits per heavy atom. The maximum absolute atomic E-state index is 4.64. The van der Waals surface area contributed by atoms with Crippen molar-refractivity contribution in [2.24, 2.45) is 0 Å². The van der Waals surface area contributed by atoms with Gasteiger partial charge in [0.15, 0.2) is 0 Å². The van der Waals surface area contributed by atoms with Gasteiger partial charge in [0.2, 0.25) is 0 Å². The summed E-state index contributed by atoms with van der Waals surface area (Å²) in [5.74, 6) is 0.509. The molecule has 3 aromatic heterocycles. The Kier molecular flexibility index (Phi) is 3.41. The zero-order chi connectivity index (χ0) is 15.8. The molecule has 0 saturated carbocycles. The lowest BCUT2D eigenvalue weighted by molar-refractivity contribution is 0.536. The number of aromatic nitrogens is 3. The summed E-state index contributed by atoms with van der Waals surface area (Å²) in [4.78, 5) is 0. The van der Waals surface area contributed by atoms with Gasteiger partial charge in [-0.2, -0.15) is 5.10 Å². The summed E-state index contributed by atoms with van der Waals surface area (Å²) in [5.41, 5.74) is 5.02. The Bertz CT molecular complexity index is 928. The third kappa shape index (κ3) is 2.74. The van der Waals surface area contributed by atoms with Crippen molar-refractivity contribution in [2.75, 3.05) is 0 Å². The fourth-order valence-electron chi connectivity index (χ4n) is 3.18. The normalized spacial score (nSPS) is 13.0. The van der Waals surface area contributed by atoms with E-state index < -0.39 is 0 Å². The summed E-state index contributed by atoms with van der Waals surface area (Å²) in [7, 11) is 0. The molecule has 4 rings (SSSR count). The van der Waals surface area contributed by atoms with Crippen molar-refractivity contribution in [2.45, 2.75) is 32.7 Å². The summed E-state index contributed by atoms with van der Waals surface area (Å²) >= 11 is 0. The molecule has 3 nitrogen and oxygen atoms in total. The molecule has 3 heterocycles. The van der Waals surface area contributed by atoms with Gasteiger partial charge in [-0.3, -0.25) is 4.68 Å². The average molecular weight is 303 g/mol. The number of rotatable bonds is 4. The van der Waals surface area contributed by atoms with Crippen LogP contribution in [0.15, 0.2) is 61.1 Å². The van der Waals surface area contributed by atoms with E-state index in [1.807, 2.05) is 6.07 Å². The van der Waals surface area contributed by atoms with E-state index in [9.17, 15) is 0 Å². The van der Waals surface area contributed by atoms with E-state index in [1.165, 1.54) is 22.0 Å². The minimum Gasteiger partial charge on any atom is -0.323 e. The van der Waals surface area contributed by atoms with Crippen molar-refractivity contribution in [3.05, 3.63) is 72.2 Å². The zero-order valence-corrected chi connectivity index (χ0v) is 13.6. The van der Waals surface area contributed by atoms with Crippen molar-refractivity contribution in [1.82, 2.24) is 14.2 Å². The predicted octanol–water partition coefficient (Wildman–Crippen LogP) is 4.79.